The summed E-state index contributed by atoms with van der Waals surface area (Å²) in [6.45, 7) is 8.99. The largest absolute Gasteiger partial charge is 0.299 e. The summed E-state index contributed by atoms with van der Waals surface area (Å²) >= 11 is 0. The fraction of sp³-hybridized carbons (Fsp3) is 0.905. The molecule has 0 spiro atoms. The van der Waals surface area contributed by atoms with Crippen molar-refractivity contribution in [2.24, 2.45) is 17.8 Å². The molecule has 2 unspecified atom stereocenters. The lowest BCUT2D eigenvalue weighted by Gasteiger charge is -2.10. The summed E-state index contributed by atoms with van der Waals surface area (Å²) in [5.74, 6) is 1.19. The first-order valence-corrected chi connectivity index (χ1v) is 9.91. The highest BCUT2D eigenvalue weighted by molar-refractivity contribution is 5.93. The van der Waals surface area contributed by atoms with Crippen LogP contribution in [-0.4, -0.2) is 12.1 Å². The van der Waals surface area contributed by atoms with Crippen LogP contribution in [0.5, 0.6) is 0 Å². The molecule has 0 aliphatic heterocycles. The van der Waals surface area contributed by atoms with Gasteiger partial charge in [0.2, 0.25) is 6.29 Å². The molecule has 135 valence electrons. The lowest BCUT2D eigenvalue weighted by molar-refractivity contribution is -0.121. The van der Waals surface area contributed by atoms with Crippen molar-refractivity contribution in [2.45, 2.75) is 105 Å². The molecule has 0 aromatic rings. The maximum Gasteiger partial charge on any atom is 0.209 e. The third-order valence-electron chi connectivity index (χ3n) is 4.87. The van der Waals surface area contributed by atoms with Crippen molar-refractivity contribution in [1.82, 2.24) is 0 Å². The lowest BCUT2D eigenvalue weighted by atomic mass is 9.93. The SMILES string of the molecule is CCC(C)CCCCC(=O)C([C]=O)CCCCCCCC(C)C. The molecule has 0 aromatic heterocycles. The van der Waals surface area contributed by atoms with Crippen molar-refractivity contribution < 1.29 is 9.59 Å². The molecule has 0 rings (SSSR count). The van der Waals surface area contributed by atoms with Crippen LogP contribution in [0.4, 0.5) is 0 Å². The summed E-state index contributed by atoms with van der Waals surface area (Å²) < 4.78 is 0. The second-order valence-electron chi connectivity index (χ2n) is 7.63. The molecule has 0 heterocycles. The summed E-state index contributed by atoms with van der Waals surface area (Å²) in [6, 6.07) is 0. The molecule has 1 radical (unpaired) electrons. The summed E-state index contributed by atoms with van der Waals surface area (Å²) in [6.07, 6.45) is 14.9. The van der Waals surface area contributed by atoms with Gasteiger partial charge >= 0.3 is 0 Å². The quantitative estimate of drug-likeness (QED) is 0.247. The molecule has 0 bridgehead atoms. The first kappa shape index (κ1) is 22.3. The van der Waals surface area contributed by atoms with Crippen LogP contribution < -0.4 is 0 Å². The highest BCUT2D eigenvalue weighted by atomic mass is 16.1. The molecule has 0 aromatic carbocycles. The Labute approximate surface area is 144 Å². The number of unbranched alkanes of at least 4 members (excludes halogenated alkanes) is 5. The molecule has 2 heteroatoms. The lowest BCUT2D eigenvalue weighted by Crippen LogP contribution is -2.15. The normalized spacial score (nSPS) is 14.0. The third-order valence-corrected chi connectivity index (χ3v) is 4.87. The predicted molar refractivity (Wildman–Crippen MR) is 99.3 cm³/mol. The Morgan fingerprint density at radius 3 is 1.96 bits per heavy atom. The van der Waals surface area contributed by atoms with Crippen molar-refractivity contribution in [1.29, 1.82) is 0 Å². The van der Waals surface area contributed by atoms with Crippen LogP contribution in [0.2, 0.25) is 0 Å². The van der Waals surface area contributed by atoms with E-state index in [2.05, 4.69) is 27.7 Å². The van der Waals surface area contributed by atoms with E-state index >= 15 is 0 Å². The number of carbonyl (C=O) groups excluding carboxylic acids is 2. The van der Waals surface area contributed by atoms with Crippen LogP contribution >= 0.6 is 0 Å². The van der Waals surface area contributed by atoms with Gasteiger partial charge in [-0.25, -0.2) is 0 Å². The van der Waals surface area contributed by atoms with E-state index < -0.39 is 5.92 Å². The Kier molecular flexibility index (Phi) is 14.5. The Morgan fingerprint density at radius 1 is 0.826 bits per heavy atom. The molecule has 0 N–H and O–H groups in total. The Balaban J connectivity index is 3.67. The van der Waals surface area contributed by atoms with Crippen LogP contribution in [0.3, 0.4) is 0 Å². The predicted octanol–water partition coefficient (Wildman–Crippen LogP) is 6.27. The van der Waals surface area contributed by atoms with E-state index in [-0.39, 0.29) is 5.78 Å². The fourth-order valence-corrected chi connectivity index (χ4v) is 2.89. The summed E-state index contributed by atoms with van der Waals surface area (Å²) in [4.78, 5) is 23.1. The maximum atomic E-state index is 12.1. The van der Waals surface area contributed by atoms with Gasteiger partial charge in [-0.3, -0.25) is 9.59 Å². The van der Waals surface area contributed by atoms with E-state index in [1.54, 1.807) is 0 Å². The minimum absolute atomic E-state index is 0.115. The van der Waals surface area contributed by atoms with Crippen molar-refractivity contribution in [3.8, 4) is 0 Å². The van der Waals surface area contributed by atoms with E-state index in [1.807, 2.05) is 6.29 Å². The number of Topliss-reactive ketones (excluding diaryl/α,β-unsaturated/α-hetero) is 1. The van der Waals surface area contributed by atoms with Crippen LogP contribution in [0.1, 0.15) is 105 Å². The smallest absolute Gasteiger partial charge is 0.209 e. The molecule has 0 amide bonds. The molecule has 0 fully saturated rings. The zero-order valence-electron chi connectivity index (χ0n) is 16.0. The van der Waals surface area contributed by atoms with E-state index in [0.717, 1.165) is 37.5 Å². The average molecular weight is 324 g/mol. The zero-order valence-corrected chi connectivity index (χ0v) is 16.0. The van der Waals surface area contributed by atoms with Crippen LogP contribution in [-0.2, 0) is 9.59 Å². The van der Waals surface area contributed by atoms with E-state index in [9.17, 15) is 9.59 Å². The average Bonchev–Trinajstić information content (AvgIpc) is 2.53. The standard InChI is InChI=1S/C21H39O2/c1-5-19(4)14-11-12-16-21(23)20(17-22)15-10-8-6-7-9-13-18(2)3/h18-20H,5-16H2,1-4H3. The van der Waals surface area contributed by atoms with Gasteiger partial charge in [-0.2, -0.15) is 0 Å². The molecule has 0 aliphatic carbocycles. The van der Waals surface area contributed by atoms with Gasteiger partial charge in [-0.05, 0) is 24.7 Å². The van der Waals surface area contributed by atoms with Gasteiger partial charge in [0.25, 0.3) is 0 Å². The van der Waals surface area contributed by atoms with Gasteiger partial charge < -0.3 is 0 Å². The second kappa shape index (κ2) is 14.9. The molecule has 0 saturated carbocycles. The Morgan fingerprint density at radius 2 is 1.39 bits per heavy atom. The fourth-order valence-electron chi connectivity index (χ4n) is 2.89. The zero-order chi connectivity index (χ0) is 17.5. The second-order valence-corrected chi connectivity index (χ2v) is 7.63. The van der Waals surface area contributed by atoms with Crippen LogP contribution in [0, 0.1) is 17.8 Å². The van der Waals surface area contributed by atoms with E-state index in [4.69, 9.17) is 0 Å². The summed E-state index contributed by atoms with van der Waals surface area (Å²) in [5, 5.41) is 0. The molecule has 2 nitrogen and oxygen atoms in total. The number of hydrogen-bond donors (Lipinski definition) is 0. The number of carbonyl (C=O) groups is 1. The molecular formula is C21H39O2. The first-order chi connectivity index (χ1) is 11.0. The van der Waals surface area contributed by atoms with Gasteiger partial charge in [-0.1, -0.05) is 85.5 Å². The Hall–Kier alpha value is -0.660. The number of hydrogen-bond acceptors (Lipinski definition) is 2. The molecular weight excluding hydrogens is 284 g/mol. The van der Waals surface area contributed by atoms with Crippen molar-refractivity contribution in [3.05, 3.63) is 0 Å². The van der Waals surface area contributed by atoms with Crippen molar-refractivity contribution in [3.63, 3.8) is 0 Å². The number of ketones is 1. The minimum Gasteiger partial charge on any atom is -0.299 e. The van der Waals surface area contributed by atoms with E-state index in [1.165, 1.54) is 38.5 Å². The molecule has 0 aliphatic rings. The van der Waals surface area contributed by atoms with Gasteiger partial charge in [0, 0.05) is 6.42 Å². The summed E-state index contributed by atoms with van der Waals surface area (Å²) in [5.41, 5.74) is 0. The highest BCUT2D eigenvalue weighted by Gasteiger charge is 2.17. The summed E-state index contributed by atoms with van der Waals surface area (Å²) in [7, 11) is 0. The van der Waals surface area contributed by atoms with Gasteiger partial charge in [0.1, 0.15) is 5.78 Å². The minimum atomic E-state index is -0.464. The van der Waals surface area contributed by atoms with Gasteiger partial charge in [0.15, 0.2) is 0 Å². The van der Waals surface area contributed by atoms with Crippen LogP contribution in [0.25, 0.3) is 0 Å². The van der Waals surface area contributed by atoms with Gasteiger partial charge in [-0.15, -0.1) is 0 Å². The maximum absolute atomic E-state index is 12.1. The Bertz CT molecular complexity index is 296. The van der Waals surface area contributed by atoms with Crippen molar-refractivity contribution in [2.75, 3.05) is 0 Å². The van der Waals surface area contributed by atoms with Crippen molar-refractivity contribution >= 4 is 12.1 Å². The van der Waals surface area contributed by atoms with Crippen LogP contribution in [0.15, 0.2) is 0 Å². The van der Waals surface area contributed by atoms with Gasteiger partial charge in [0.05, 0.1) is 5.92 Å². The monoisotopic (exact) mass is 323 g/mol. The van der Waals surface area contributed by atoms with E-state index in [0.29, 0.717) is 12.8 Å². The first-order valence-electron chi connectivity index (χ1n) is 9.91. The molecule has 0 saturated heterocycles. The number of rotatable bonds is 16. The third kappa shape index (κ3) is 13.5. The topological polar surface area (TPSA) is 34.1 Å². The highest BCUT2D eigenvalue weighted by Crippen LogP contribution is 2.17. The molecule has 23 heavy (non-hydrogen) atoms. The molecule has 2 atom stereocenters.